The standard InChI is InChI=1S/C23H42N4O3/c1-6-7-14-24-22(30)26-19(23(3,4)5)21(29)27-15-8-9-18(27)20(28)25-16(2)10-11-17-12-13-17/h16-19H,6-15H2,1-5H3,(H,25,28)(H2,24,26,30). The average Bonchev–Trinajstić information content (AvgIpc) is 3.36. The number of amides is 4. The maximum absolute atomic E-state index is 13.4. The molecule has 0 spiro atoms. The number of carbonyl (C=O) groups is 3. The second-order valence-corrected chi connectivity index (χ2v) is 10.2. The van der Waals surface area contributed by atoms with Gasteiger partial charge in [-0.15, -0.1) is 0 Å². The number of nitrogens with one attached hydrogen (secondary N) is 3. The summed E-state index contributed by atoms with van der Waals surface area (Å²) in [6.45, 7) is 11.1. The van der Waals surface area contributed by atoms with Gasteiger partial charge in [-0.05, 0) is 50.4 Å². The van der Waals surface area contributed by atoms with Crippen LogP contribution < -0.4 is 16.0 Å². The highest BCUT2D eigenvalue weighted by atomic mass is 16.2. The fourth-order valence-electron chi connectivity index (χ4n) is 3.98. The number of nitrogens with zero attached hydrogens (tertiary/aromatic N) is 1. The molecule has 0 radical (unpaired) electrons. The number of hydrogen-bond donors (Lipinski definition) is 3. The third-order valence-electron chi connectivity index (χ3n) is 6.14. The summed E-state index contributed by atoms with van der Waals surface area (Å²) < 4.78 is 0. The van der Waals surface area contributed by atoms with Crippen molar-refractivity contribution in [3.05, 3.63) is 0 Å². The Bertz CT molecular complexity index is 598. The number of unbranched alkanes of at least 4 members (excludes halogenated alkanes) is 1. The summed E-state index contributed by atoms with van der Waals surface area (Å²) in [6, 6.07) is -1.34. The summed E-state index contributed by atoms with van der Waals surface area (Å²) in [5.74, 6) is 0.608. The summed E-state index contributed by atoms with van der Waals surface area (Å²) in [6.07, 6.45) is 8.16. The van der Waals surface area contributed by atoms with E-state index < -0.39 is 17.5 Å². The van der Waals surface area contributed by atoms with E-state index in [0.717, 1.165) is 38.0 Å². The summed E-state index contributed by atoms with van der Waals surface area (Å²) >= 11 is 0. The molecule has 1 aliphatic heterocycles. The summed E-state index contributed by atoms with van der Waals surface area (Å²) in [4.78, 5) is 40.3. The second-order valence-electron chi connectivity index (χ2n) is 10.2. The third kappa shape index (κ3) is 7.47. The Kier molecular flexibility index (Phi) is 8.98. The molecule has 3 unspecified atom stereocenters. The maximum Gasteiger partial charge on any atom is 0.315 e. The highest BCUT2D eigenvalue weighted by molar-refractivity contribution is 5.92. The van der Waals surface area contributed by atoms with E-state index in [0.29, 0.717) is 19.5 Å². The van der Waals surface area contributed by atoms with Gasteiger partial charge in [0.15, 0.2) is 0 Å². The molecule has 2 rings (SSSR count). The molecule has 1 heterocycles. The van der Waals surface area contributed by atoms with E-state index in [4.69, 9.17) is 0 Å². The van der Waals surface area contributed by atoms with Crippen LogP contribution in [0.3, 0.4) is 0 Å². The minimum Gasteiger partial charge on any atom is -0.352 e. The fourth-order valence-corrected chi connectivity index (χ4v) is 3.98. The number of hydrogen-bond acceptors (Lipinski definition) is 3. The lowest BCUT2D eigenvalue weighted by Crippen LogP contribution is -2.59. The maximum atomic E-state index is 13.4. The first-order valence-corrected chi connectivity index (χ1v) is 11.8. The molecule has 0 aromatic carbocycles. The molecule has 30 heavy (non-hydrogen) atoms. The Morgan fingerprint density at radius 1 is 1.10 bits per heavy atom. The van der Waals surface area contributed by atoms with Crippen LogP contribution in [0, 0.1) is 11.3 Å². The molecular formula is C23H42N4O3. The Balaban J connectivity index is 1.96. The van der Waals surface area contributed by atoms with Crippen LogP contribution in [-0.2, 0) is 9.59 Å². The zero-order chi connectivity index (χ0) is 22.3. The van der Waals surface area contributed by atoms with E-state index in [-0.39, 0.29) is 23.9 Å². The van der Waals surface area contributed by atoms with Crippen molar-refractivity contribution in [2.75, 3.05) is 13.1 Å². The van der Waals surface area contributed by atoms with Gasteiger partial charge >= 0.3 is 6.03 Å². The van der Waals surface area contributed by atoms with E-state index in [9.17, 15) is 14.4 Å². The van der Waals surface area contributed by atoms with Gasteiger partial charge in [0.1, 0.15) is 12.1 Å². The SMILES string of the molecule is CCCCNC(=O)NC(C(=O)N1CCCC1C(=O)NC(C)CCC1CC1)C(C)(C)C. The van der Waals surface area contributed by atoms with Gasteiger partial charge in [-0.2, -0.15) is 0 Å². The van der Waals surface area contributed by atoms with Gasteiger partial charge in [-0.25, -0.2) is 4.79 Å². The van der Waals surface area contributed by atoms with Crippen molar-refractivity contribution < 1.29 is 14.4 Å². The van der Waals surface area contributed by atoms with Gasteiger partial charge in [-0.1, -0.05) is 47.0 Å². The molecule has 3 N–H and O–H groups in total. The number of urea groups is 1. The Morgan fingerprint density at radius 3 is 2.40 bits per heavy atom. The van der Waals surface area contributed by atoms with Crippen molar-refractivity contribution >= 4 is 17.8 Å². The normalized spacial score (nSPS) is 21.1. The van der Waals surface area contributed by atoms with Gasteiger partial charge in [0.05, 0.1) is 0 Å². The number of carbonyl (C=O) groups excluding carboxylic acids is 3. The largest absolute Gasteiger partial charge is 0.352 e. The van der Waals surface area contributed by atoms with Crippen molar-refractivity contribution in [1.29, 1.82) is 0 Å². The first kappa shape index (κ1) is 24.5. The van der Waals surface area contributed by atoms with Crippen LogP contribution in [0.5, 0.6) is 0 Å². The smallest absolute Gasteiger partial charge is 0.315 e. The van der Waals surface area contributed by atoms with Crippen LogP contribution in [0.15, 0.2) is 0 Å². The lowest BCUT2D eigenvalue weighted by molar-refractivity contribution is -0.142. The average molecular weight is 423 g/mol. The molecule has 7 heteroatoms. The quantitative estimate of drug-likeness (QED) is 0.472. The lowest BCUT2D eigenvalue weighted by Gasteiger charge is -2.35. The Hall–Kier alpha value is -1.79. The summed E-state index contributed by atoms with van der Waals surface area (Å²) in [7, 11) is 0. The van der Waals surface area contributed by atoms with Crippen molar-refractivity contribution in [3.8, 4) is 0 Å². The Labute approximate surface area is 182 Å². The molecule has 2 fully saturated rings. The monoisotopic (exact) mass is 422 g/mol. The molecule has 7 nitrogen and oxygen atoms in total. The molecule has 0 aromatic rings. The van der Waals surface area contributed by atoms with Crippen LogP contribution in [0.4, 0.5) is 4.79 Å². The zero-order valence-corrected chi connectivity index (χ0v) is 19.6. The second kappa shape index (κ2) is 11.0. The molecule has 1 saturated carbocycles. The van der Waals surface area contributed by atoms with Crippen LogP contribution in [-0.4, -0.2) is 54.0 Å². The molecule has 4 amide bonds. The predicted molar refractivity (Wildman–Crippen MR) is 119 cm³/mol. The van der Waals surface area contributed by atoms with E-state index >= 15 is 0 Å². The van der Waals surface area contributed by atoms with Gasteiger partial charge in [-0.3, -0.25) is 9.59 Å². The van der Waals surface area contributed by atoms with E-state index in [1.165, 1.54) is 12.8 Å². The van der Waals surface area contributed by atoms with E-state index in [1.807, 2.05) is 27.7 Å². The minimum absolute atomic E-state index is 0.0656. The zero-order valence-electron chi connectivity index (χ0n) is 19.6. The molecule has 1 aliphatic carbocycles. The first-order chi connectivity index (χ1) is 14.1. The van der Waals surface area contributed by atoms with Crippen molar-refractivity contribution in [3.63, 3.8) is 0 Å². The van der Waals surface area contributed by atoms with E-state index in [2.05, 4.69) is 22.9 Å². The highest BCUT2D eigenvalue weighted by Crippen LogP contribution is 2.34. The van der Waals surface area contributed by atoms with Crippen LogP contribution in [0.25, 0.3) is 0 Å². The topological polar surface area (TPSA) is 90.5 Å². The van der Waals surface area contributed by atoms with Crippen LogP contribution in [0.1, 0.15) is 86.0 Å². The Morgan fingerprint density at radius 2 is 1.80 bits per heavy atom. The van der Waals surface area contributed by atoms with Gasteiger partial charge in [0.2, 0.25) is 11.8 Å². The molecule has 1 saturated heterocycles. The molecule has 172 valence electrons. The van der Waals surface area contributed by atoms with Crippen LogP contribution >= 0.6 is 0 Å². The molecule has 0 aromatic heterocycles. The van der Waals surface area contributed by atoms with Gasteiger partial charge < -0.3 is 20.9 Å². The first-order valence-electron chi connectivity index (χ1n) is 11.8. The molecule has 3 atom stereocenters. The van der Waals surface area contributed by atoms with Crippen molar-refractivity contribution in [2.24, 2.45) is 11.3 Å². The number of rotatable bonds is 10. The van der Waals surface area contributed by atoms with E-state index in [1.54, 1.807) is 4.90 Å². The lowest BCUT2D eigenvalue weighted by atomic mass is 9.85. The van der Waals surface area contributed by atoms with Crippen molar-refractivity contribution in [1.82, 2.24) is 20.9 Å². The molecule has 2 aliphatic rings. The predicted octanol–water partition coefficient (Wildman–Crippen LogP) is 3.19. The van der Waals surface area contributed by atoms with Crippen LogP contribution in [0.2, 0.25) is 0 Å². The summed E-state index contributed by atoms with van der Waals surface area (Å²) in [5, 5.41) is 8.79. The van der Waals surface area contributed by atoms with Gasteiger partial charge in [0.25, 0.3) is 0 Å². The highest BCUT2D eigenvalue weighted by Gasteiger charge is 2.42. The fraction of sp³-hybridized carbons (Fsp3) is 0.870. The van der Waals surface area contributed by atoms with Gasteiger partial charge in [0, 0.05) is 19.1 Å². The molecular weight excluding hydrogens is 380 g/mol. The summed E-state index contributed by atoms with van der Waals surface area (Å²) in [5.41, 5.74) is -0.458. The number of likely N-dealkylation sites (tertiary alicyclic amines) is 1. The minimum atomic E-state index is -0.681. The third-order valence-corrected chi connectivity index (χ3v) is 6.14. The van der Waals surface area contributed by atoms with Crippen molar-refractivity contribution in [2.45, 2.75) is 104 Å². The molecule has 0 bridgehead atoms.